The van der Waals surface area contributed by atoms with Crippen molar-refractivity contribution in [3.63, 3.8) is 0 Å². The number of methoxy groups -OCH3 is 1. The smallest absolute Gasteiger partial charge is 0.310 e. The number of carbonyl (C=O) groups excluding carboxylic acids is 1. The molecule has 1 aromatic heterocycles. The maximum atomic E-state index is 12.4. The first kappa shape index (κ1) is 13.3. The molecule has 0 radical (unpaired) electrons. The van der Waals surface area contributed by atoms with E-state index in [1.807, 2.05) is 0 Å². The summed E-state index contributed by atoms with van der Waals surface area (Å²) in [5.41, 5.74) is -0.802. The molecule has 0 spiro atoms. The van der Waals surface area contributed by atoms with Crippen molar-refractivity contribution in [1.82, 2.24) is 4.98 Å². The molecule has 0 saturated carbocycles. The molecule has 7 heteroatoms. The highest BCUT2D eigenvalue weighted by Crippen LogP contribution is 2.25. The van der Waals surface area contributed by atoms with Gasteiger partial charge in [-0.1, -0.05) is 11.6 Å². The molecule has 1 aromatic rings. The quantitative estimate of drug-likeness (QED) is 0.782. The van der Waals surface area contributed by atoms with E-state index in [1.165, 1.54) is 7.11 Å². The lowest BCUT2D eigenvalue weighted by atomic mass is 10.1. The maximum Gasteiger partial charge on any atom is 0.310 e. The summed E-state index contributed by atoms with van der Waals surface area (Å²) in [6, 6.07) is 2.56. The molecular formula is C10H7ClF2N2O2. The van der Waals surface area contributed by atoms with E-state index in [0.29, 0.717) is 0 Å². The SMILES string of the molecule is COC(=O)Cc1c(Cl)cc(C(F)F)nc1C#N. The van der Waals surface area contributed by atoms with E-state index in [-0.39, 0.29) is 22.7 Å². The molecule has 4 nitrogen and oxygen atoms in total. The molecule has 0 aliphatic rings. The summed E-state index contributed by atoms with van der Waals surface area (Å²) in [6.45, 7) is 0. The molecule has 0 atom stereocenters. The van der Waals surface area contributed by atoms with Gasteiger partial charge >= 0.3 is 5.97 Å². The van der Waals surface area contributed by atoms with Crippen molar-refractivity contribution < 1.29 is 18.3 Å². The van der Waals surface area contributed by atoms with Crippen LogP contribution in [-0.4, -0.2) is 18.1 Å². The lowest BCUT2D eigenvalue weighted by Crippen LogP contribution is -2.09. The van der Waals surface area contributed by atoms with Crippen LogP contribution in [0, 0.1) is 11.3 Å². The van der Waals surface area contributed by atoms with Crippen LogP contribution in [0.15, 0.2) is 6.07 Å². The molecule has 0 amide bonds. The summed E-state index contributed by atoms with van der Waals surface area (Å²) in [7, 11) is 1.17. The molecule has 0 aliphatic heterocycles. The van der Waals surface area contributed by atoms with E-state index in [9.17, 15) is 13.6 Å². The van der Waals surface area contributed by atoms with E-state index in [0.717, 1.165) is 6.07 Å². The predicted molar refractivity (Wildman–Crippen MR) is 54.6 cm³/mol. The molecule has 0 bridgehead atoms. The van der Waals surface area contributed by atoms with E-state index in [1.54, 1.807) is 6.07 Å². The Balaban J connectivity index is 3.22. The molecule has 0 saturated heterocycles. The molecule has 0 N–H and O–H groups in total. The van der Waals surface area contributed by atoms with Gasteiger partial charge in [-0.3, -0.25) is 4.79 Å². The van der Waals surface area contributed by atoms with Crippen LogP contribution in [0.5, 0.6) is 0 Å². The van der Waals surface area contributed by atoms with Gasteiger partial charge in [-0.2, -0.15) is 5.26 Å². The van der Waals surface area contributed by atoms with Gasteiger partial charge in [0.25, 0.3) is 6.43 Å². The van der Waals surface area contributed by atoms with Gasteiger partial charge in [0.15, 0.2) is 0 Å². The fraction of sp³-hybridized carbons (Fsp3) is 0.300. The summed E-state index contributed by atoms with van der Waals surface area (Å²) >= 11 is 5.73. The zero-order valence-electron chi connectivity index (χ0n) is 8.71. The number of pyridine rings is 1. The molecule has 1 rings (SSSR count). The number of carbonyl (C=O) groups is 1. The third-order valence-corrected chi connectivity index (χ3v) is 2.31. The molecular weight excluding hydrogens is 254 g/mol. The number of ether oxygens (including phenoxy) is 1. The van der Waals surface area contributed by atoms with Crippen molar-refractivity contribution in [3.8, 4) is 6.07 Å². The van der Waals surface area contributed by atoms with Gasteiger partial charge in [0, 0.05) is 10.6 Å². The zero-order valence-corrected chi connectivity index (χ0v) is 9.46. The van der Waals surface area contributed by atoms with Gasteiger partial charge in [-0.25, -0.2) is 13.8 Å². The summed E-state index contributed by atoms with van der Waals surface area (Å²) in [6.07, 6.45) is -3.11. The van der Waals surface area contributed by atoms with Gasteiger partial charge in [0.2, 0.25) is 0 Å². The summed E-state index contributed by atoms with van der Waals surface area (Å²) < 4.78 is 29.2. The lowest BCUT2D eigenvalue weighted by Gasteiger charge is -2.07. The van der Waals surface area contributed by atoms with Crippen molar-refractivity contribution in [3.05, 3.63) is 28.0 Å². The number of alkyl halides is 2. The summed E-state index contributed by atoms with van der Waals surface area (Å²) in [5, 5.41) is 8.67. The van der Waals surface area contributed by atoms with Crippen LogP contribution in [0.2, 0.25) is 5.02 Å². The molecule has 17 heavy (non-hydrogen) atoms. The monoisotopic (exact) mass is 260 g/mol. The first-order valence-corrected chi connectivity index (χ1v) is 4.81. The van der Waals surface area contributed by atoms with Crippen LogP contribution < -0.4 is 0 Å². The van der Waals surface area contributed by atoms with Crippen molar-refractivity contribution >= 4 is 17.6 Å². The van der Waals surface area contributed by atoms with Crippen molar-refractivity contribution in [2.75, 3.05) is 7.11 Å². The summed E-state index contributed by atoms with van der Waals surface area (Å²) in [4.78, 5) is 14.5. The minimum absolute atomic E-state index is 0.0883. The minimum Gasteiger partial charge on any atom is -0.469 e. The van der Waals surface area contributed by atoms with Gasteiger partial charge in [0.1, 0.15) is 17.5 Å². The standard InChI is InChI=1S/C10H7ClF2N2O2/c1-17-9(16)2-5-6(11)3-7(10(12)13)15-8(5)4-14/h3,10H,2H2,1H3. The number of nitrogens with zero attached hydrogens (tertiary/aromatic N) is 2. The van der Waals surface area contributed by atoms with E-state index < -0.39 is 18.1 Å². The second-order valence-corrected chi connectivity index (χ2v) is 3.43. The number of aromatic nitrogens is 1. The summed E-state index contributed by atoms with van der Waals surface area (Å²) in [5.74, 6) is -0.630. The van der Waals surface area contributed by atoms with Crippen molar-refractivity contribution in [2.24, 2.45) is 0 Å². The third-order valence-electron chi connectivity index (χ3n) is 1.97. The van der Waals surface area contributed by atoms with Crippen LogP contribution in [0.4, 0.5) is 8.78 Å². The Morgan fingerprint density at radius 1 is 1.71 bits per heavy atom. The highest BCUT2D eigenvalue weighted by molar-refractivity contribution is 6.31. The average Bonchev–Trinajstić information content (AvgIpc) is 2.30. The maximum absolute atomic E-state index is 12.4. The molecule has 0 aromatic carbocycles. The third kappa shape index (κ3) is 3.11. The number of rotatable bonds is 3. The molecule has 90 valence electrons. The molecule has 0 fully saturated rings. The van der Waals surface area contributed by atoms with Crippen LogP contribution >= 0.6 is 11.6 Å². The number of halogens is 3. The lowest BCUT2D eigenvalue weighted by molar-refractivity contribution is -0.139. The normalized spacial score (nSPS) is 10.1. The van der Waals surface area contributed by atoms with Crippen LogP contribution in [0.1, 0.15) is 23.4 Å². The van der Waals surface area contributed by atoms with Crippen molar-refractivity contribution in [2.45, 2.75) is 12.8 Å². The van der Waals surface area contributed by atoms with Gasteiger partial charge in [-0.15, -0.1) is 0 Å². The second kappa shape index (κ2) is 5.55. The van der Waals surface area contributed by atoms with E-state index in [2.05, 4.69) is 9.72 Å². The first-order chi connectivity index (χ1) is 7.99. The fourth-order valence-electron chi connectivity index (χ4n) is 1.15. The Bertz CT molecular complexity index is 486. The van der Waals surface area contributed by atoms with Gasteiger partial charge in [-0.05, 0) is 6.07 Å². The number of nitriles is 1. The molecule has 0 aliphatic carbocycles. The van der Waals surface area contributed by atoms with Crippen LogP contribution in [-0.2, 0) is 16.0 Å². The average molecular weight is 261 g/mol. The topological polar surface area (TPSA) is 63.0 Å². The number of esters is 1. The van der Waals surface area contributed by atoms with E-state index >= 15 is 0 Å². The highest BCUT2D eigenvalue weighted by Gasteiger charge is 2.18. The Kier molecular flexibility index (Phi) is 4.35. The second-order valence-electron chi connectivity index (χ2n) is 3.02. The van der Waals surface area contributed by atoms with Crippen LogP contribution in [0.25, 0.3) is 0 Å². The van der Waals surface area contributed by atoms with Crippen LogP contribution in [0.3, 0.4) is 0 Å². The largest absolute Gasteiger partial charge is 0.469 e. The number of hydrogen-bond donors (Lipinski definition) is 0. The number of hydrogen-bond acceptors (Lipinski definition) is 4. The zero-order chi connectivity index (χ0) is 13.0. The highest BCUT2D eigenvalue weighted by atomic mass is 35.5. The Morgan fingerprint density at radius 3 is 2.82 bits per heavy atom. The van der Waals surface area contributed by atoms with Gasteiger partial charge in [0.05, 0.1) is 13.5 Å². The molecule has 0 unspecified atom stereocenters. The minimum atomic E-state index is -2.83. The predicted octanol–water partition coefficient (Wildman–Crippen LogP) is 2.26. The fourth-order valence-corrected chi connectivity index (χ4v) is 1.42. The Labute approximate surface area is 101 Å². The Morgan fingerprint density at radius 2 is 2.35 bits per heavy atom. The van der Waals surface area contributed by atoms with Gasteiger partial charge < -0.3 is 4.74 Å². The van der Waals surface area contributed by atoms with E-state index in [4.69, 9.17) is 16.9 Å². The molecule has 1 heterocycles. The Hall–Kier alpha value is -1.74. The van der Waals surface area contributed by atoms with Crippen molar-refractivity contribution in [1.29, 1.82) is 5.26 Å². The first-order valence-electron chi connectivity index (χ1n) is 4.44.